The molecule has 2 amide bonds. The van der Waals surface area contributed by atoms with Crippen molar-refractivity contribution in [2.24, 2.45) is 5.41 Å². The summed E-state index contributed by atoms with van der Waals surface area (Å²) in [5, 5.41) is 16.6. The number of carboxylic acids is 1. The molecule has 1 heterocycles. The Balaban J connectivity index is 1.64. The van der Waals surface area contributed by atoms with E-state index in [1.807, 2.05) is 0 Å². The highest BCUT2D eigenvalue weighted by Crippen LogP contribution is 2.47. The van der Waals surface area contributed by atoms with E-state index in [0.717, 1.165) is 18.0 Å². The number of carbonyl (C=O) groups is 2. The molecule has 0 saturated heterocycles. The van der Waals surface area contributed by atoms with Crippen molar-refractivity contribution < 1.29 is 14.7 Å². The lowest BCUT2D eigenvalue weighted by atomic mass is 10.0. The Labute approximate surface area is 121 Å². The molecule has 1 aliphatic carbocycles. The number of carboxylic acid groups (broad SMARTS) is 1. The Hall–Kier alpha value is -1.63. The van der Waals surface area contributed by atoms with Gasteiger partial charge in [-0.2, -0.15) is 0 Å². The van der Waals surface area contributed by atoms with Gasteiger partial charge >= 0.3 is 12.0 Å². The van der Waals surface area contributed by atoms with Gasteiger partial charge in [0, 0.05) is 24.9 Å². The number of thiazole rings is 1. The van der Waals surface area contributed by atoms with Crippen LogP contribution in [0.25, 0.3) is 0 Å². The van der Waals surface area contributed by atoms with Crippen molar-refractivity contribution in [1.29, 1.82) is 0 Å². The molecule has 3 N–H and O–H groups in total. The molecule has 0 unspecified atom stereocenters. The maximum absolute atomic E-state index is 11.6. The first-order chi connectivity index (χ1) is 9.54. The van der Waals surface area contributed by atoms with Gasteiger partial charge in [0.2, 0.25) is 0 Å². The molecule has 0 bridgehead atoms. The molecule has 1 aliphatic rings. The second-order valence-electron chi connectivity index (χ2n) is 5.14. The molecule has 1 aromatic rings. The van der Waals surface area contributed by atoms with Gasteiger partial charge in [-0.25, -0.2) is 14.6 Å². The van der Waals surface area contributed by atoms with E-state index in [2.05, 4.69) is 22.5 Å². The lowest BCUT2D eigenvalue weighted by Crippen LogP contribution is -2.39. The van der Waals surface area contributed by atoms with Crippen LogP contribution in [0, 0.1) is 5.41 Å². The van der Waals surface area contributed by atoms with Crippen molar-refractivity contribution in [2.45, 2.75) is 32.6 Å². The van der Waals surface area contributed by atoms with E-state index in [1.54, 1.807) is 0 Å². The summed E-state index contributed by atoms with van der Waals surface area (Å²) in [7, 11) is 0. The summed E-state index contributed by atoms with van der Waals surface area (Å²) in [5.74, 6) is -1.02. The number of rotatable bonds is 7. The van der Waals surface area contributed by atoms with Crippen molar-refractivity contribution >= 4 is 23.3 Å². The van der Waals surface area contributed by atoms with Crippen molar-refractivity contribution in [2.75, 3.05) is 13.1 Å². The summed E-state index contributed by atoms with van der Waals surface area (Å²) in [4.78, 5) is 26.2. The van der Waals surface area contributed by atoms with Crippen LogP contribution in [-0.2, 0) is 6.42 Å². The Morgan fingerprint density at radius 1 is 1.45 bits per heavy atom. The molecule has 7 heteroatoms. The molecule has 0 aromatic carbocycles. The van der Waals surface area contributed by atoms with E-state index >= 15 is 0 Å². The van der Waals surface area contributed by atoms with E-state index in [1.165, 1.54) is 29.6 Å². The molecule has 0 atom stereocenters. The third-order valence-electron chi connectivity index (χ3n) is 3.73. The normalized spacial score (nSPS) is 15.7. The van der Waals surface area contributed by atoms with Gasteiger partial charge in [0.1, 0.15) is 0 Å². The van der Waals surface area contributed by atoms with Crippen LogP contribution >= 0.6 is 11.3 Å². The van der Waals surface area contributed by atoms with Gasteiger partial charge in [0.25, 0.3) is 0 Å². The standard InChI is InChI=1S/C13H19N3O3S/c1-2-13(4-5-13)8-15-12(19)14-6-3-10-16-9(7-20-10)11(17)18/h7H,2-6,8H2,1H3,(H,17,18)(H2,14,15,19). The maximum Gasteiger partial charge on any atom is 0.355 e. The van der Waals surface area contributed by atoms with Crippen LogP contribution in [0.1, 0.15) is 41.7 Å². The summed E-state index contributed by atoms with van der Waals surface area (Å²) in [6.07, 6.45) is 4.04. The van der Waals surface area contributed by atoms with Gasteiger partial charge in [-0.3, -0.25) is 0 Å². The third-order valence-corrected chi connectivity index (χ3v) is 4.63. The van der Waals surface area contributed by atoms with Crippen molar-refractivity contribution in [3.8, 4) is 0 Å². The van der Waals surface area contributed by atoms with E-state index in [-0.39, 0.29) is 11.7 Å². The predicted molar refractivity (Wildman–Crippen MR) is 76.1 cm³/mol. The lowest BCUT2D eigenvalue weighted by molar-refractivity contribution is 0.0691. The fourth-order valence-corrected chi connectivity index (χ4v) is 2.74. The van der Waals surface area contributed by atoms with Crippen molar-refractivity contribution in [1.82, 2.24) is 15.6 Å². The highest BCUT2D eigenvalue weighted by atomic mass is 32.1. The molecule has 0 spiro atoms. The number of nitrogens with one attached hydrogen (secondary N) is 2. The van der Waals surface area contributed by atoms with Crippen LogP contribution in [0.2, 0.25) is 0 Å². The Bertz CT molecular complexity index is 497. The smallest absolute Gasteiger partial charge is 0.355 e. The Morgan fingerprint density at radius 3 is 2.75 bits per heavy atom. The average Bonchev–Trinajstić information content (AvgIpc) is 3.06. The number of hydrogen-bond acceptors (Lipinski definition) is 4. The largest absolute Gasteiger partial charge is 0.476 e. The average molecular weight is 297 g/mol. The highest BCUT2D eigenvalue weighted by molar-refractivity contribution is 7.09. The number of aromatic nitrogens is 1. The first kappa shape index (κ1) is 14.8. The first-order valence-corrected chi connectivity index (χ1v) is 7.62. The number of aromatic carboxylic acids is 1. The molecule has 1 saturated carbocycles. The van der Waals surface area contributed by atoms with Crippen LogP contribution < -0.4 is 10.6 Å². The number of urea groups is 1. The molecule has 0 radical (unpaired) electrons. The third kappa shape index (κ3) is 3.93. The molecule has 2 rings (SSSR count). The number of nitrogens with zero attached hydrogens (tertiary/aromatic N) is 1. The topological polar surface area (TPSA) is 91.3 Å². The summed E-state index contributed by atoms with van der Waals surface area (Å²) >= 11 is 1.30. The number of amides is 2. The van der Waals surface area contributed by atoms with Crippen LogP contribution in [0.3, 0.4) is 0 Å². The van der Waals surface area contributed by atoms with Crippen molar-refractivity contribution in [3.63, 3.8) is 0 Å². The second-order valence-corrected chi connectivity index (χ2v) is 6.09. The van der Waals surface area contributed by atoms with E-state index in [0.29, 0.717) is 18.4 Å². The maximum atomic E-state index is 11.6. The molecular weight excluding hydrogens is 278 g/mol. The molecule has 0 aliphatic heterocycles. The summed E-state index contributed by atoms with van der Waals surface area (Å²) in [6.45, 7) is 3.34. The fraction of sp³-hybridized carbons (Fsp3) is 0.615. The molecule has 110 valence electrons. The molecule has 1 aromatic heterocycles. The molecule has 1 fully saturated rings. The van der Waals surface area contributed by atoms with Gasteiger partial charge < -0.3 is 15.7 Å². The number of hydrogen-bond donors (Lipinski definition) is 3. The fourth-order valence-electron chi connectivity index (χ4n) is 1.97. The Kier molecular flexibility index (Phi) is 4.59. The Morgan fingerprint density at radius 2 is 2.20 bits per heavy atom. The summed E-state index contributed by atoms with van der Waals surface area (Å²) in [6, 6.07) is -0.167. The molecule has 6 nitrogen and oxygen atoms in total. The quantitative estimate of drug-likeness (QED) is 0.716. The van der Waals surface area contributed by atoms with E-state index in [4.69, 9.17) is 5.11 Å². The minimum atomic E-state index is -1.02. The van der Waals surface area contributed by atoms with Crippen LogP contribution in [0.4, 0.5) is 4.79 Å². The number of carbonyl (C=O) groups excluding carboxylic acids is 1. The zero-order chi connectivity index (χ0) is 14.6. The van der Waals surface area contributed by atoms with Crippen molar-refractivity contribution in [3.05, 3.63) is 16.1 Å². The van der Waals surface area contributed by atoms with Gasteiger partial charge in [-0.05, 0) is 24.7 Å². The monoisotopic (exact) mass is 297 g/mol. The summed E-state index contributed by atoms with van der Waals surface area (Å²) < 4.78 is 0. The molecule has 20 heavy (non-hydrogen) atoms. The van der Waals surface area contributed by atoms with E-state index in [9.17, 15) is 9.59 Å². The van der Waals surface area contributed by atoms with Crippen LogP contribution in [0.5, 0.6) is 0 Å². The lowest BCUT2D eigenvalue weighted by Gasteiger charge is -2.13. The van der Waals surface area contributed by atoms with E-state index < -0.39 is 5.97 Å². The summed E-state index contributed by atoms with van der Waals surface area (Å²) in [5.41, 5.74) is 0.399. The zero-order valence-electron chi connectivity index (χ0n) is 11.4. The minimum absolute atomic E-state index is 0.0630. The van der Waals surface area contributed by atoms with Crippen LogP contribution in [-0.4, -0.2) is 35.2 Å². The SMILES string of the molecule is CCC1(CNC(=O)NCCc2nc(C(=O)O)cs2)CC1. The van der Waals surface area contributed by atoms with Gasteiger partial charge in [-0.15, -0.1) is 11.3 Å². The van der Waals surface area contributed by atoms with Crippen LogP contribution in [0.15, 0.2) is 5.38 Å². The van der Waals surface area contributed by atoms with Gasteiger partial charge in [-0.1, -0.05) is 6.92 Å². The minimum Gasteiger partial charge on any atom is -0.476 e. The predicted octanol–water partition coefficient (Wildman–Crippen LogP) is 1.87. The highest BCUT2D eigenvalue weighted by Gasteiger charge is 2.40. The molecular formula is C13H19N3O3S. The van der Waals surface area contributed by atoms with Gasteiger partial charge in [0.15, 0.2) is 5.69 Å². The van der Waals surface area contributed by atoms with Gasteiger partial charge in [0.05, 0.1) is 5.01 Å². The first-order valence-electron chi connectivity index (χ1n) is 6.74. The second kappa shape index (κ2) is 6.21. The zero-order valence-corrected chi connectivity index (χ0v) is 12.3.